The predicted octanol–water partition coefficient (Wildman–Crippen LogP) is 1.27. The molecular weight excluding hydrogens is 164 g/mol. The summed E-state index contributed by atoms with van der Waals surface area (Å²) in [6.45, 7) is 3.69. The van der Waals surface area contributed by atoms with E-state index in [9.17, 15) is 9.59 Å². The van der Waals surface area contributed by atoms with Crippen molar-refractivity contribution >= 4 is 12.1 Å². The van der Waals surface area contributed by atoms with Gasteiger partial charge in [0.2, 0.25) is 0 Å². The Balaban J connectivity index is 0. The Bertz CT molecular complexity index is 132. The van der Waals surface area contributed by atoms with Crippen LogP contribution < -0.4 is 0 Å². The Hall–Kier alpha value is -1.26. The molecule has 72 valence electrons. The van der Waals surface area contributed by atoms with Crippen LogP contribution in [0.2, 0.25) is 0 Å². The number of carbonyl (C=O) groups excluding carboxylic acids is 1. The number of ether oxygens (including phenoxy) is 2. The van der Waals surface area contributed by atoms with Crippen LogP contribution in [-0.2, 0) is 14.3 Å². The van der Waals surface area contributed by atoms with Gasteiger partial charge in [-0.2, -0.15) is 0 Å². The molecule has 0 aliphatic rings. The van der Waals surface area contributed by atoms with E-state index >= 15 is 0 Å². The first-order valence-corrected chi connectivity index (χ1v) is 3.50. The lowest BCUT2D eigenvalue weighted by Gasteiger charge is -1.94. The third-order valence-corrected chi connectivity index (χ3v) is 0.731. The molecule has 0 fully saturated rings. The van der Waals surface area contributed by atoms with E-state index in [4.69, 9.17) is 5.11 Å². The summed E-state index contributed by atoms with van der Waals surface area (Å²) in [7, 11) is 1.28. The van der Waals surface area contributed by atoms with Crippen LogP contribution in [-0.4, -0.2) is 30.9 Å². The van der Waals surface area contributed by atoms with Crippen LogP contribution in [0, 0.1) is 0 Å². The summed E-state index contributed by atoms with van der Waals surface area (Å²) in [5.74, 6) is -0.745. The molecule has 0 spiro atoms. The van der Waals surface area contributed by atoms with E-state index in [-0.39, 0.29) is 6.42 Å². The van der Waals surface area contributed by atoms with Crippen molar-refractivity contribution < 1.29 is 24.2 Å². The minimum absolute atomic E-state index is 0.222. The first-order valence-electron chi connectivity index (χ1n) is 3.50. The predicted molar refractivity (Wildman–Crippen MR) is 42.0 cm³/mol. The third kappa shape index (κ3) is 15.9. The van der Waals surface area contributed by atoms with Gasteiger partial charge in [-0.3, -0.25) is 4.79 Å². The number of carboxylic acid groups (broad SMARTS) is 1. The third-order valence-electron chi connectivity index (χ3n) is 0.731. The second-order valence-electron chi connectivity index (χ2n) is 1.63. The fourth-order valence-corrected chi connectivity index (χ4v) is 0.177. The Morgan fingerprint density at radius 3 is 1.83 bits per heavy atom. The highest BCUT2D eigenvalue weighted by atomic mass is 16.7. The van der Waals surface area contributed by atoms with E-state index < -0.39 is 12.1 Å². The molecule has 0 saturated heterocycles. The van der Waals surface area contributed by atoms with Gasteiger partial charge in [0.25, 0.3) is 0 Å². The van der Waals surface area contributed by atoms with Crippen LogP contribution in [0.1, 0.15) is 20.3 Å². The zero-order valence-corrected chi connectivity index (χ0v) is 7.49. The van der Waals surface area contributed by atoms with Crippen molar-refractivity contribution in [1.82, 2.24) is 0 Å². The number of hydrogen-bond donors (Lipinski definition) is 1. The van der Waals surface area contributed by atoms with Crippen molar-refractivity contribution in [3.63, 3.8) is 0 Å². The van der Waals surface area contributed by atoms with E-state index in [1.807, 2.05) is 0 Å². The van der Waals surface area contributed by atoms with E-state index in [0.29, 0.717) is 6.61 Å². The summed E-state index contributed by atoms with van der Waals surface area (Å²) in [5.41, 5.74) is 0. The Labute approximate surface area is 71.3 Å². The van der Waals surface area contributed by atoms with Crippen molar-refractivity contribution in [2.45, 2.75) is 20.3 Å². The summed E-state index contributed by atoms with van der Waals surface area (Å²) < 4.78 is 8.46. The van der Waals surface area contributed by atoms with Crippen molar-refractivity contribution in [2.24, 2.45) is 0 Å². The van der Waals surface area contributed by atoms with Crippen molar-refractivity contribution in [1.29, 1.82) is 0 Å². The number of carboxylic acids is 1. The second kappa shape index (κ2) is 9.74. The number of hydrogen-bond acceptors (Lipinski definition) is 4. The minimum atomic E-state index is -0.745. The average Bonchev–Trinajstić information content (AvgIpc) is 2.06. The Kier molecular flexibility index (Phi) is 10.8. The standard InChI is InChI=1S/C4H8O3.C3H6O2/c1-3-7-4(5)6-2;1-2-3(4)5/h3H2,1-2H3;2H2,1H3,(H,4,5). The van der Waals surface area contributed by atoms with Crippen LogP contribution >= 0.6 is 0 Å². The van der Waals surface area contributed by atoms with E-state index in [2.05, 4.69) is 9.47 Å². The van der Waals surface area contributed by atoms with Crippen LogP contribution in [0.4, 0.5) is 4.79 Å². The fraction of sp³-hybridized carbons (Fsp3) is 0.714. The molecule has 0 aliphatic carbocycles. The van der Waals surface area contributed by atoms with E-state index in [1.165, 1.54) is 7.11 Å². The largest absolute Gasteiger partial charge is 0.507 e. The van der Waals surface area contributed by atoms with Gasteiger partial charge in [0, 0.05) is 6.42 Å². The molecule has 5 heteroatoms. The maximum Gasteiger partial charge on any atom is 0.507 e. The molecule has 12 heavy (non-hydrogen) atoms. The molecule has 0 heterocycles. The highest BCUT2D eigenvalue weighted by Crippen LogP contribution is 1.77. The molecule has 0 bridgehead atoms. The molecule has 0 saturated carbocycles. The van der Waals surface area contributed by atoms with Gasteiger partial charge in [-0.1, -0.05) is 6.92 Å². The minimum Gasteiger partial charge on any atom is -0.481 e. The van der Waals surface area contributed by atoms with Gasteiger partial charge in [0.15, 0.2) is 0 Å². The van der Waals surface area contributed by atoms with Crippen molar-refractivity contribution in [3.05, 3.63) is 0 Å². The lowest BCUT2D eigenvalue weighted by Crippen LogP contribution is -2.02. The zero-order valence-electron chi connectivity index (χ0n) is 7.49. The molecule has 0 unspecified atom stereocenters. The highest BCUT2D eigenvalue weighted by Gasteiger charge is 1.92. The van der Waals surface area contributed by atoms with Gasteiger partial charge < -0.3 is 14.6 Å². The molecule has 0 aromatic carbocycles. The lowest BCUT2D eigenvalue weighted by atomic mass is 10.5. The summed E-state index contributed by atoms with van der Waals surface area (Å²) in [6, 6.07) is 0. The molecule has 0 aliphatic heterocycles. The first kappa shape index (κ1) is 13.3. The van der Waals surface area contributed by atoms with Gasteiger partial charge in [-0.25, -0.2) is 4.79 Å². The van der Waals surface area contributed by atoms with E-state index in [1.54, 1.807) is 13.8 Å². The molecular formula is C7H14O5. The van der Waals surface area contributed by atoms with Gasteiger partial charge in [-0.05, 0) is 6.92 Å². The number of rotatable bonds is 2. The lowest BCUT2D eigenvalue weighted by molar-refractivity contribution is -0.136. The van der Waals surface area contributed by atoms with Gasteiger partial charge in [0.1, 0.15) is 0 Å². The maximum absolute atomic E-state index is 9.97. The highest BCUT2D eigenvalue weighted by molar-refractivity contribution is 5.66. The van der Waals surface area contributed by atoms with Crippen LogP contribution in [0.15, 0.2) is 0 Å². The number of methoxy groups -OCH3 is 1. The van der Waals surface area contributed by atoms with Gasteiger partial charge in [0.05, 0.1) is 13.7 Å². The number of carbonyl (C=O) groups is 2. The summed E-state index contributed by atoms with van der Waals surface area (Å²) >= 11 is 0. The maximum atomic E-state index is 9.97. The normalized spacial score (nSPS) is 7.58. The summed E-state index contributed by atoms with van der Waals surface area (Å²) in [4.78, 5) is 19.3. The van der Waals surface area contributed by atoms with Crippen molar-refractivity contribution in [3.8, 4) is 0 Å². The SMILES string of the molecule is CCC(=O)O.CCOC(=O)OC. The molecule has 0 aromatic rings. The fourth-order valence-electron chi connectivity index (χ4n) is 0.177. The van der Waals surface area contributed by atoms with Gasteiger partial charge >= 0.3 is 12.1 Å². The van der Waals surface area contributed by atoms with Crippen LogP contribution in [0.25, 0.3) is 0 Å². The molecule has 5 nitrogen and oxygen atoms in total. The molecule has 1 N–H and O–H groups in total. The second-order valence-corrected chi connectivity index (χ2v) is 1.63. The van der Waals surface area contributed by atoms with Gasteiger partial charge in [-0.15, -0.1) is 0 Å². The monoisotopic (exact) mass is 178 g/mol. The quantitative estimate of drug-likeness (QED) is 0.644. The van der Waals surface area contributed by atoms with E-state index in [0.717, 1.165) is 0 Å². The molecule has 0 atom stereocenters. The van der Waals surface area contributed by atoms with Crippen LogP contribution in [0.5, 0.6) is 0 Å². The average molecular weight is 178 g/mol. The smallest absolute Gasteiger partial charge is 0.481 e. The molecule has 0 radical (unpaired) electrons. The zero-order chi connectivity index (χ0) is 9.98. The van der Waals surface area contributed by atoms with Crippen LogP contribution in [0.3, 0.4) is 0 Å². The topological polar surface area (TPSA) is 72.8 Å². The Morgan fingerprint density at radius 1 is 1.33 bits per heavy atom. The molecule has 0 aromatic heterocycles. The van der Waals surface area contributed by atoms with Crippen molar-refractivity contribution in [2.75, 3.05) is 13.7 Å². The summed E-state index contributed by atoms with van der Waals surface area (Å²) in [5, 5.41) is 7.72. The molecule has 0 amide bonds. The number of aliphatic carboxylic acids is 1. The first-order chi connectivity index (χ1) is 5.58. The Morgan fingerprint density at radius 2 is 1.75 bits per heavy atom. The summed E-state index contributed by atoms with van der Waals surface area (Å²) in [6.07, 6.45) is -0.400. The molecule has 0 rings (SSSR count).